The van der Waals surface area contributed by atoms with Gasteiger partial charge in [-0.2, -0.15) is 13.2 Å². The highest BCUT2D eigenvalue weighted by Gasteiger charge is 2.32. The number of carbonyl (C=O) groups is 2. The van der Waals surface area contributed by atoms with E-state index < -0.39 is 41.1 Å². The summed E-state index contributed by atoms with van der Waals surface area (Å²) in [5, 5.41) is 11.1. The molecule has 0 radical (unpaired) electrons. The predicted octanol–water partition coefficient (Wildman–Crippen LogP) is 1.57. The summed E-state index contributed by atoms with van der Waals surface area (Å²) in [6.45, 7) is 0.259. The summed E-state index contributed by atoms with van der Waals surface area (Å²) in [7, 11) is 0. The minimum atomic E-state index is -4.68. The number of rotatable bonds is 6. The zero-order valence-corrected chi connectivity index (χ0v) is 11.7. The first-order chi connectivity index (χ1) is 10.6. The van der Waals surface area contributed by atoms with Gasteiger partial charge in [0.2, 0.25) is 0 Å². The molecular weight excluding hydrogens is 325 g/mol. The van der Waals surface area contributed by atoms with E-state index in [2.05, 4.69) is 14.9 Å². The smallest absolute Gasteiger partial charge is 0.416 e. The van der Waals surface area contributed by atoms with Crippen molar-refractivity contribution < 1.29 is 37.4 Å². The number of nitrogens with zero attached hydrogens (tertiary/aromatic N) is 1. The summed E-state index contributed by atoms with van der Waals surface area (Å²) in [5.74, 6) is -2.35. The Labute approximate surface area is 127 Å². The van der Waals surface area contributed by atoms with Gasteiger partial charge in [-0.15, -0.1) is 10.1 Å². The minimum absolute atomic E-state index is 0.264. The molecule has 0 fully saturated rings. The van der Waals surface area contributed by atoms with Crippen molar-refractivity contribution in [1.82, 2.24) is 5.32 Å². The number of esters is 1. The molecule has 0 aliphatic carbocycles. The van der Waals surface area contributed by atoms with Gasteiger partial charge in [0.25, 0.3) is 11.0 Å². The molecule has 1 amide bonds. The summed E-state index contributed by atoms with van der Waals surface area (Å²) in [6, 6.07) is 2.00. The highest BCUT2D eigenvalue weighted by Crippen LogP contribution is 2.33. The van der Waals surface area contributed by atoms with Gasteiger partial charge >= 0.3 is 12.1 Å². The molecule has 0 aliphatic rings. The first-order valence-corrected chi connectivity index (χ1v) is 6.06. The van der Waals surface area contributed by atoms with Gasteiger partial charge in [-0.3, -0.25) is 9.59 Å². The standard InChI is InChI=1S/C12H11F3N2O6/c1-7(18)23-10-6-8(12(13,14)15)2-3-9(10)11(19)16-4-5-22-17(20)21/h2-3,6H,4-5H2,1H3,(H,16,19). The van der Waals surface area contributed by atoms with Crippen LogP contribution in [0.3, 0.4) is 0 Å². The minimum Gasteiger partial charge on any atom is -0.426 e. The van der Waals surface area contributed by atoms with E-state index in [4.69, 9.17) is 0 Å². The first kappa shape index (κ1) is 18.2. The van der Waals surface area contributed by atoms with Crippen LogP contribution in [-0.2, 0) is 15.8 Å². The Morgan fingerprint density at radius 1 is 1.35 bits per heavy atom. The van der Waals surface area contributed by atoms with Crippen molar-refractivity contribution in [3.05, 3.63) is 39.4 Å². The number of halogens is 3. The van der Waals surface area contributed by atoms with Gasteiger partial charge in [0.1, 0.15) is 12.4 Å². The van der Waals surface area contributed by atoms with Crippen LogP contribution in [-0.4, -0.2) is 30.1 Å². The van der Waals surface area contributed by atoms with E-state index in [1.807, 2.05) is 0 Å². The number of amides is 1. The van der Waals surface area contributed by atoms with E-state index in [1.54, 1.807) is 0 Å². The van der Waals surface area contributed by atoms with Crippen LogP contribution in [0.1, 0.15) is 22.8 Å². The quantitative estimate of drug-likeness (QED) is 0.278. The van der Waals surface area contributed by atoms with Crippen molar-refractivity contribution in [2.75, 3.05) is 13.2 Å². The molecule has 8 nitrogen and oxygen atoms in total. The Hall–Kier alpha value is -2.85. The third-order valence-corrected chi connectivity index (χ3v) is 2.39. The SMILES string of the molecule is CC(=O)Oc1cc(C(F)(F)F)ccc1C(=O)NCCO[N+](=O)[O-]. The molecule has 1 aromatic carbocycles. The van der Waals surface area contributed by atoms with Crippen molar-refractivity contribution in [3.8, 4) is 5.75 Å². The van der Waals surface area contributed by atoms with Crippen molar-refractivity contribution in [3.63, 3.8) is 0 Å². The molecule has 0 spiro atoms. The van der Waals surface area contributed by atoms with Gasteiger partial charge in [0.05, 0.1) is 11.1 Å². The predicted molar refractivity (Wildman–Crippen MR) is 68.0 cm³/mol. The van der Waals surface area contributed by atoms with Gasteiger partial charge in [-0.1, -0.05) is 0 Å². The average molecular weight is 336 g/mol. The van der Waals surface area contributed by atoms with Crippen molar-refractivity contribution in [2.24, 2.45) is 0 Å². The van der Waals surface area contributed by atoms with Crippen LogP contribution in [0, 0.1) is 10.1 Å². The lowest BCUT2D eigenvalue weighted by Crippen LogP contribution is -2.28. The maximum Gasteiger partial charge on any atom is 0.416 e. The molecule has 0 aromatic heterocycles. The molecule has 1 N–H and O–H groups in total. The monoisotopic (exact) mass is 336 g/mol. The Kier molecular flexibility index (Phi) is 5.87. The summed E-state index contributed by atoms with van der Waals surface area (Å²) >= 11 is 0. The lowest BCUT2D eigenvalue weighted by molar-refractivity contribution is -0.757. The first-order valence-electron chi connectivity index (χ1n) is 6.06. The van der Waals surface area contributed by atoms with Gasteiger partial charge < -0.3 is 14.9 Å². The van der Waals surface area contributed by atoms with E-state index in [1.165, 1.54) is 0 Å². The van der Waals surface area contributed by atoms with Crippen LogP contribution in [0.25, 0.3) is 0 Å². The number of benzene rings is 1. The number of hydrogen-bond donors (Lipinski definition) is 1. The number of carbonyl (C=O) groups excluding carboxylic acids is 2. The molecule has 126 valence electrons. The fraction of sp³-hybridized carbons (Fsp3) is 0.333. The summed E-state index contributed by atoms with van der Waals surface area (Å²) in [5.41, 5.74) is -1.42. The molecule has 0 atom stereocenters. The topological polar surface area (TPSA) is 108 Å². The van der Waals surface area contributed by atoms with Crippen LogP contribution in [0.15, 0.2) is 18.2 Å². The molecular formula is C12H11F3N2O6. The number of alkyl halides is 3. The number of ether oxygens (including phenoxy) is 1. The van der Waals surface area contributed by atoms with Crippen LogP contribution < -0.4 is 10.1 Å². The zero-order chi connectivity index (χ0) is 17.6. The fourth-order valence-corrected chi connectivity index (χ4v) is 1.51. The Morgan fingerprint density at radius 3 is 2.52 bits per heavy atom. The fourth-order valence-electron chi connectivity index (χ4n) is 1.51. The second kappa shape index (κ2) is 7.42. The van der Waals surface area contributed by atoms with Crippen molar-refractivity contribution >= 4 is 11.9 Å². The molecule has 1 rings (SSSR count). The molecule has 0 bridgehead atoms. The second-order valence-corrected chi connectivity index (χ2v) is 4.12. The maximum atomic E-state index is 12.6. The summed E-state index contributed by atoms with van der Waals surface area (Å²) in [4.78, 5) is 36.7. The maximum absolute atomic E-state index is 12.6. The number of nitrogens with one attached hydrogen (secondary N) is 1. The molecule has 1 aromatic rings. The lowest BCUT2D eigenvalue weighted by atomic mass is 10.1. The molecule has 0 heterocycles. The van der Waals surface area contributed by atoms with E-state index >= 15 is 0 Å². The lowest BCUT2D eigenvalue weighted by Gasteiger charge is -2.13. The van der Waals surface area contributed by atoms with Gasteiger partial charge in [0, 0.05) is 13.5 Å². The summed E-state index contributed by atoms with van der Waals surface area (Å²) < 4.78 is 42.5. The van der Waals surface area contributed by atoms with Crippen molar-refractivity contribution in [1.29, 1.82) is 0 Å². The van der Waals surface area contributed by atoms with E-state index in [0.717, 1.165) is 13.0 Å². The molecule has 0 unspecified atom stereocenters. The molecule has 0 saturated heterocycles. The van der Waals surface area contributed by atoms with Gasteiger partial charge in [0.15, 0.2) is 0 Å². The van der Waals surface area contributed by atoms with Crippen LogP contribution in [0.5, 0.6) is 5.75 Å². The third-order valence-electron chi connectivity index (χ3n) is 2.39. The second-order valence-electron chi connectivity index (χ2n) is 4.12. The van der Waals surface area contributed by atoms with Crippen LogP contribution >= 0.6 is 0 Å². The molecule has 0 saturated carbocycles. The Morgan fingerprint density at radius 2 is 2.00 bits per heavy atom. The zero-order valence-electron chi connectivity index (χ0n) is 11.7. The Bertz CT molecular complexity index is 617. The van der Waals surface area contributed by atoms with E-state index in [9.17, 15) is 32.9 Å². The van der Waals surface area contributed by atoms with Gasteiger partial charge in [-0.05, 0) is 18.2 Å². The number of hydrogen-bond acceptors (Lipinski definition) is 6. The van der Waals surface area contributed by atoms with Crippen molar-refractivity contribution in [2.45, 2.75) is 13.1 Å². The van der Waals surface area contributed by atoms with E-state index in [0.29, 0.717) is 12.1 Å². The molecule has 11 heteroatoms. The van der Waals surface area contributed by atoms with Crippen LogP contribution in [0.4, 0.5) is 13.2 Å². The normalized spacial score (nSPS) is 10.8. The highest BCUT2D eigenvalue weighted by atomic mass is 19.4. The Balaban J connectivity index is 2.93. The van der Waals surface area contributed by atoms with Gasteiger partial charge in [-0.25, -0.2) is 0 Å². The van der Waals surface area contributed by atoms with Crippen LogP contribution in [0.2, 0.25) is 0 Å². The molecule has 23 heavy (non-hydrogen) atoms. The van der Waals surface area contributed by atoms with E-state index in [-0.39, 0.29) is 12.1 Å². The average Bonchev–Trinajstić information content (AvgIpc) is 2.41. The molecule has 0 aliphatic heterocycles. The largest absolute Gasteiger partial charge is 0.426 e. The summed E-state index contributed by atoms with van der Waals surface area (Å²) in [6.07, 6.45) is -4.68. The third kappa shape index (κ3) is 5.80. The highest BCUT2D eigenvalue weighted by molar-refractivity contribution is 5.97.